The van der Waals surface area contributed by atoms with Gasteiger partial charge in [0.25, 0.3) is 10.0 Å². The van der Waals surface area contributed by atoms with Crippen molar-refractivity contribution in [3.05, 3.63) is 93.0 Å². The molecule has 0 aliphatic carbocycles. The van der Waals surface area contributed by atoms with E-state index < -0.39 is 28.5 Å². The minimum atomic E-state index is -4.14. The summed E-state index contributed by atoms with van der Waals surface area (Å²) in [6, 6.07) is 15.9. The second-order valence-electron chi connectivity index (χ2n) is 9.90. The van der Waals surface area contributed by atoms with E-state index in [1.165, 1.54) is 17.0 Å². The molecule has 0 spiro atoms. The molecule has 2 amide bonds. The zero-order valence-electron chi connectivity index (χ0n) is 23.4. The number of hydrogen-bond donors (Lipinski definition) is 1. The largest absolute Gasteiger partial charge is 0.354 e. The number of amides is 2. The van der Waals surface area contributed by atoms with E-state index in [9.17, 15) is 18.0 Å². The molecule has 3 aromatic carbocycles. The zero-order valence-corrected chi connectivity index (χ0v) is 25.7. The van der Waals surface area contributed by atoms with Gasteiger partial charge >= 0.3 is 0 Å². The van der Waals surface area contributed by atoms with Crippen molar-refractivity contribution in [1.29, 1.82) is 0 Å². The number of sulfonamides is 1. The number of nitrogens with one attached hydrogen (secondary N) is 1. The van der Waals surface area contributed by atoms with Crippen LogP contribution in [0.4, 0.5) is 5.69 Å². The van der Waals surface area contributed by atoms with Crippen LogP contribution in [-0.2, 0) is 26.2 Å². The van der Waals surface area contributed by atoms with Crippen LogP contribution in [0.25, 0.3) is 0 Å². The third-order valence-electron chi connectivity index (χ3n) is 6.45. The van der Waals surface area contributed by atoms with E-state index in [-0.39, 0.29) is 17.3 Å². The van der Waals surface area contributed by atoms with E-state index in [0.29, 0.717) is 27.8 Å². The first-order valence-electron chi connectivity index (χ1n) is 13.0. The van der Waals surface area contributed by atoms with E-state index >= 15 is 0 Å². The highest BCUT2D eigenvalue weighted by atomic mass is 35.5. The molecule has 0 bridgehead atoms. The predicted molar refractivity (Wildman–Crippen MR) is 161 cm³/mol. The van der Waals surface area contributed by atoms with Crippen molar-refractivity contribution < 1.29 is 18.0 Å². The van der Waals surface area contributed by atoms with E-state index in [1.54, 1.807) is 49.4 Å². The molecule has 0 aromatic heterocycles. The lowest BCUT2D eigenvalue weighted by Crippen LogP contribution is -2.51. The number of nitrogens with zero attached hydrogens (tertiary/aromatic N) is 2. The topological polar surface area (TPSA) is 86.8 Å². The molecule has 0 radical (unpaired) electrons. The number of anilines is 1. The van der Waals surface area contributed by atoms with Gasteiger partial charge < -0.3 is 10.2 Å². The van der Waals surface area contributed by atoms with Crippen molar-refractivity contribution in [3.63, 3.8) is 0 Å². The second-order valence-corrected chi connectivity index (χ2v) is 12.6. The van der Waals surface area contributed by atoms with Crippen LogP contribution >= 0.6 is 23.2 Å². The molecule has 0 fully saturated rings. The van der Waals surface area contributed by atoms with Gasteiger partial charge in [-0.2, -0.15) is 0 Å². The third-order valence-corrected chi connectivity index (χ3v) is 8.83. The predicted octanol–water partition coefficient (Wildman–Crippen LogP) is 6.06. The number of aryl methyl sites for hydroxylation is 3. The summed E-state index contributed by atoms with van der Waals surface area (Å²) in [6.45, 7) is 9.06. The molecule has 0 heterocycles. The Kier molecular flexibility index (Phi) is 10.6. The Bertz CT molecular complexity index is 1460. The summed E-state index contributed by atoms with van der Waals surface area (Å²) in [7, 11) is -4.14. The van der Waals surface area contributed by atoms with Gasteiger partial charge in [-0.1, -0.05) is 60.0 Å². The summed E-state index contributed by atoms with van der Waals surface area (Å²) in [6.07, 6.45) is 0.727. The Labute approximate surface area is 247 Å². The summed E-state index contributed by atoms with van der Waals surface area (Å²) >= 11 is 12.5. The zero-order chi connectivity index (χ0) is 29.6. The van der Waals surface area contributed by atoms with Gasteiger partial charge in [0, 0.05) is 23.1 Å². The minimum absolute atomic E-state index is 0.0131. The van der Waals surface area contributed by atoms with Crippen LogP contribution in [0.1, 0.15) is 42.5 Å². The van der Waals surface area contributed by atoms with Crippen LogP contribution in [0.15, 0.2) is 65.6 Å². The Balaban J connectivity index is 2.07. The van der Waals surface area contributed by atoms with Crippen molar-refractivity contribution in [2.45, 2.75) is 58.5 Å². The molecule has 40 heavy (non-hydrogen) atoms. The number of rotatable bonds is 11. The molecule has 3 rings (SSSR count). The fourth-order valence-electron chi connectivity index (χ4n) is 4.27. The molecule has 0 aliphatic heterocycles. The number of carbonyl (C=O) groups is 2. The van der Waals surface area contributed by atoms with Gasteiger partial charge in [-0.25, -0.2) is 8.42 Å². The highest BCUT2D eigenvalue weighted by molar-refractivity contribution is 7.92. The Morgan fingerprint density at radius 3 is 2.10 bits per heavy atom. The minimum Gasteiger partial charge on any atom is -0.354 e. The van der Waals surface area contributed by atoms with Crippen LogP contribution in [0.2, 0.25) is 10.0 Å². The van der Waals surface area contributed by atoms with Crippen LogP contribution in [0.5, 0.6) is 0 Å². The van der Waals surface area contributed by atoms with Crippen molar-refractivity contribution >= 4 is 50.7 Å². The van der Waals surface area contributed by atoms with Crippen LogP contribution in [0, 0.1) is 20.8 Å². The Hall–Kier alpha value is -3.07. The Morgan fingerprint density at radius 2 is 1.52 bits per heavy atom. The summed E-state index contributed by atoms with van der Waals surface area (Å²) in [5, 5.41) is 3.59. The SMILES string of the molecule is CCCNC(=O)[C@@H](C)N(Cc1ccc(Cl)cc1Cl)C(=O)CN(c1cc(C)cc(C)c1)S(=O)(=O)c1ccc(C)cc1. The monoisotopic (exact) mass is 603 g/mol. The molecular weight excluding hydrogens is 569 g/mol. The molecule has 7 nitrogen and oxygen atoms in total. The summed E-state index contributed by atoms with van der Waals surface area (Å²) < 4.78 is 29.0. The highest BCUT2D eigenvalue weighted by Crippen LogP contribution is 2.28. The van der Waals surface area contributed by atoms with Crippen molar-refractivity contribution in [2.75, 3.05) is 17.4 Å². The first-order chi connectivity index (χ1) is 18.8. The van der Waals surface area contributed by atoms with E-state index in [0.717, 1.165) is 27.4 Å². The average molecular weight is 605 g/mol. The van der Waals surface area contributed by atoms with Gasteiger partial charge in [-0.15, -0.1) is 0 Å². The molecule has 0 unspecified atom stereocenters. The Morgan fingerprint density at radius 1 is 0.900 bits per heavy atom. The van der Waals surface area contributed by atoms with Crippen LogP contribution in [-0.4, -0.2) is 44.3 Å². The van der Waals surface area contributed by atoms with Gasteiger partial charge in [0.1, 0.15) is 12.6 Å². The lowest BCUT2D eigenvalue weighted by molar-refractivity contribution is -0.139. The fraction of sp³-hybridized carbons (Fsp3) is 0.333. The molecule has 0 saturated carbocycles. The first kappa shape index (κ1) is 31.5. The van der Waals surface area contributed by atoms with Gasteiger partial charge in [0.15, 0.2) is 0 Å². The molecule has 0 saturated heterocycles. The number of hydrogen-bond acceptors (Lipinski definition) is 4. The summed E-state index contributed by atoms with van der Waals surface area (Å²) in [5.74, 6) is -0.903. The van der Waals surface area contributed by atoms with Gasteiger partial charge in [-0.05, 0) is 87.2 Å². The summed E-state index contributed by atoms with van der Waals surface area (Å²) in [4.78, 5) is 28.4. The normalized spacial score (nSPS) is 12.1. The van der Waals surface area contributed by atoms with E-state index in [1.807, 2.05) is 33.8 Å². The van der Waals surface area contributed by atoms with Gasteiger partial charge in [-0.3, -0.25) is 13.9 Å². The summed E-state index contributed by atoms with van der Waals surface area (Å²) in [5.41, 5.74) is 3.55. The lowest BCUT2D eigenvalue weighted by Gasteiger charge is -2.32. The molecular formula is C30H35Cl2N3O4S. The van der Waals surface area contributed by atoms with Gasteiger partial charge in [0.2, 0.25) is 11.8 Å². The van der Waals surface area contributed by atoms with Crippen molar-refractivity contribution in [2.24, 2.45) is 0 Å². The maximum absolute atomic E-state index is 14.0. The number of benzene rings is 3. The second kappa shape index (κ2) is 13.5. The molecule has 3 aromatic rings. The number of carbonyl (C=O) groups excluding carboxylic acids is 2. The molecule has 214 valence electrons. The van der Waals surface area contributed by atoms with E-state index in [2.05, 4.69) is 5.32 Å². The first-order valence-corrected chi connectivity index (χ1v) is 15.2. The average Bonchev–Trinajstić information content (AvgIpc) is 2.89. The quantitative estimate of drug-likeness (QED) is 0.289. The fourth-order valence-corrected chi connectivity index (χ4v) is 6.14. The molecule has 0 aliphatic rings. The molecule has 1 atom stereocenters. The van der Waals surface area contributed by atoms with Crippen LogP contribution < -0.4 is 9.62 Å². The van der Waals surface area contributed by atoms with Crippen molar-refractivity contribution in [1.82, 2.24) is 10.2 Å². The number of halogens is 2. The maximum atomic E-state index is 14.0. The molecule has 10 heteroatoms. The lowest BCUT2D eigenvalue weighted by atomic mass is 10.1. The molecule has 1 N–H and O–H groups in total. The third kappa shape index (κ3) is 7.77. The van der Waals surface area contributed by atoms with E-state index in [4.69, 9.17) is 23.2 Å². The van der Waals surface area contributed by atoms with Gasteiger partial charge in [0.05, 0.1) is 10.6 Å². The van der Waals surface area contributed by atoms with Crippen LogP contribution in [0.3, 0.4) is 0 Å². The standard InChI is InChI=1S/C30H35Cl2N3O4S/c1-6-13-33-30(37)23(5)34(18-24-9-10-25(31)17-28(24)32)29(36)19-35(26-15-21(3)14-22(4)16-26)40(38,39)27-11-7-20(2)8-12-27/h7-12,14-17,23H,6,13,18-19H2,1-5H3,(H,33,37)/t23-/m1/s1. The highest BCUT2D eigenvalue weighted by Gasteiger charge is 2.33. The van der Waals surface area contributed by atoms with Crippen molar-refractivity contribution in [3.8, 4) is 0 Å². The maximum Gasteiger partial charge on any atom is 0.264 e. The smallest absolute Gasteiger partial charge is 0.264 e.